The van der Waals surface area contributed by atoms with Crippen LogP contribution in [0.5, 0.6) is 0 Å². The van der Waals surface area contributed by atoms with E-state index >= 15 is 0 Å². The lowest BCUT2D eigenvalue weighted by molar-refractivity contribution is 0.687. The van der Waals surface area contributed by atoms with E-state index in [1.807, 2.05) is 0 Å². The van der Waals surface area contributed by atoms with E-state index in [9.17, 15) is 0 Å². The Bertz CT molecular complexity index is 407. The molecule has 0 aliphatic rings. The van der Waals surface area contributed by atoms with Crippen molar-refractivity contribution in [3.8, 4) is 5.82 Å². The van der Waals surface area contributed by atoms with Gasteiger partial charge in [0.25, 0.3) is 0 Å². The molecule has 5 heteroatoms. The van der Waals surface area contributed by atoms with Gasteiger partial charge in [-0.1, -0.05) is 13.8 Å². The van der Waals surface area contributed by atoms with Crippen LogP contribution >= 0.6 is 0 Å². The number of hydrogen-bond donors (Lipinski definition) is 0. The van der Waals surface area contributed by atoms with Crippen molar-refractivity contribution in [1.29, 1.82) is 0 Å². The van der Waals surface area contributed by atoms with E-state index in [4.69, 9.17) is 0 Å². The molecular weight excluding hydrogens is 178 g/mol. The lowest BCUT2D eigenvalue weighted by Gasteiger charge is -2.07. The molecule has 0 spiro atoms. The Morgan fingerprint density at radius 3 is 2.29 bits per heavy atom. The molecule has 0 radical (unpaired) electrons. The van der Waals surface area contributed by atoms with Gasteiger partial charge in [0.2, 0.25) is 0 Å². The van der Waals surface area contributed by atoms with Gasteiger partial charge in [0.1, 0.15) is 0 Å². The van der Waals surface area contributed by atoms with Crippen LogP contribution in [0.1, 0.15) is 25.5 Å². The Morgan fingerprint density at radius 1 is 1.00 bits per heavy atom. The summed E-state index contributed by atoms with van der Waals surface area (Å²) < 4.78 is 0. The second-order valence-corrected chi connectivity index (χ2v) is 3.24. The molecule has 2 heterocycles. The van der Waals surface area contributed by atoms with Crippen LogP contribution in [0.25, 0.3) is 5.82 Å². The van der Waals surface area contributed by atoms with E-state index in [2.05, 4.69) is 34.0 Å². The molecule has 2 rings (SSSR count). The minimum absolute atomic E-state index is 0.310. The first-order valence-corrected chi connectivity index (χ1v) is 4.46. The summed E-state index contributed by atoms with van der Waals surface area (Å²) in [5, 5.41) is 8.07. The predicted octanol–water partition coefficient (Wildman–Crippen LogP) is 1.18. The third-order valence-corrected chi connectivity index (χ3v) is 1.86. The largest absolute Gasteiger partial charge is 0.255 e. The molecule has 0 aliphatic carbocycles. The summed E-state index contributed by atoms with van der Waals surface area (Å²) in [7, 11) is 0. The zero-order chi connectivity index (χ0) is 9.97. The second kappa shape index (κ2) is 3.53. The van der Waals surface area contributed by atoms with Crippen LogP contribution in [0.15, 0.2) is 24.8 Å². The van der Waals surface area contributed by atoms with Gasteiger partial charge in [0, 0.05) is 12.4 Å². The first-order valence-electron chi connectivity index (χ1n) is 4.46. The summed E-state index contributed by atoms with van der Waals surface area (Å²) in [5.41, 5.74) is 0.906. The van der Waals surface area contributed by atoms with Crippen LogP contribution in [-0.4, -0.2) is 25.0 Å². The minimum atomic E-state index is 0.310. The standard InChI is InChI=1S/C9H11N5/c1-7(2)8-9(11-4-3-10-8)14-12-5-6-13-14/h3-7H,1-2H3. The maximum atomic E-state index is 4.27. The van der Waals surface area contributed by atoms with Crippen LogP contribution in [-0.2, 0) is 0 Å². The smallest absolute Gasteiger partial charge is 0.196 e. The molecular formula is C9H11N5. The number of nitrogens with zero attached hydrogens (tertiary/aromatic N) is 5. The Kier molecular flexibility index (Phi) is 2.22. The topological polar surface area (TPSA) is 56.5 Å². The quantitative estimate of drug-likeness (QED) is 0.711. The number of aromatic nitrogens is 5. The van der Waals surface area contributed by atoms with Crippen LogP contribution in [0, 0.1) is 0 Å². The fourth-order valence-corrected chi connectivity index (χ4v) is 1.23. The van der Waals surface area contributed by atoms with Crippen molar-refractivity contribution in [1.82, 2.24) is 25.0 Å². The predicted molar refractivity (Wildman–Crippen MR) is 51.0 cm³/mol. The third kappa shape index (κ3) is 1.48. The lowest BCUT2D eigenvalue weighted by Crippen LogP contribution is -2.08. The van der Waals surface area contributed by atoms with Gasteiger partial charge < -0.3 is 0 Å². The molecule has 0 saturated heterocycles. The summed E-state index contributed by atoms with van der Waals surface area (Å²) in [6.07, 6.45) is 6.57. The van der Waals surface area contributed by atoms with E-state index in [0.717, 1.165) is 5.69 Å². The van der Waals surface area contributed by atoms with Gasteiger partial charge in [-0.3, -0.25) is 4.98 Å². The van der Waals surface area contributed by atoms with Gasteiger partial charge in [-0.2, -0.15) is 10.2 Å². The van der Waals surface area contributed by atoms with Crippen molar-refractivity contribution < 1.29 is 0 Å². The van der Waals surface area contributed by atoms with E-state index in [1.165, 1.54) is 4.80 Å². The third-order valence-electron chi connectivity index (χ3n) is 1.86. The fourth-order valence-electron chi connectivity index (χ4n) is 1.23. The Hall–Kier alpha value is -1.78. The molecule has 2 aromatic rings. The molecule has 0 N–H and O–H groups in total. The van der Waals surface area contributed by atoms with Gasteiger partial charge in [-0.05, 0) is 5.92 Å². The first-order chi connectivity index (χ1) is 6.79. The molecule has 0 bridgehead atoms. The highest BCUT2D eigenvalue weighted by atomic mass is 15.5. The highest BCUT2D eigenvalue weighted by Crippen LogP contribution is 2.16. The van der Waals surface area contributed by atoms with Crippen LogP contribution < -0.4 is 0 Å². The molecule has 14 heavy (non-hydrogen) atoms. The molecule has 72 valence electrons. The molecule has 5 nitrogen and oxygen atoms in total. The molecule has 0 aliphatic heterocycles. The van der Waals surface area contributed by atoms with Gasteiger partial charge >= 0.3 is 0 Å². The van der Waals surface area contributed by atoms with Gasteiger partial charge in [0.15, 0.2) is 5.82 Å². The highest BCUT2D eigenvalue weighted by Gasteiger charge is 2.11. The van der Waals surface area contributed by atoms with Crippen molar-refractivity contribution in [3.63, 3.8) is 0 Å². The monoisotopic (exact) mass is 189 g/mol. The Balaban J connectivity index is 2.53. The average molecular weight is 189 g/mol. The minimum Gasteiger partial charge on any atom is -0.255 e. The average Bonchev–Trinajstić information content (AvgIpc) is 2.70. The zero-order valence-electron chi connectivity index (χ0n) is 8.12. The molecule has 0 aromatic carbocycles. The highest BCUT2D eigenvalue weighted by molar-refractivity contribution is 5.27. The van der Waals surface area contributed by atoms with Crippen LogP contribution in [0.3, 0.4) is 0 Å². The molecule has 0 atom stereocenters. The molecule has 2 aromatic heterocycles. The summed E-state index contributed by atoms with van der Waals surface area (Å²) in [5.74, 6) is 1.01. The summed E-state index contributed by atoms with van der Waals surface area (Å²) in [4.78, 5) is 9.98. The van der Waals surface area contributed by atoms with Crippen LogP contribution in [0.2, 0.25) is 0 Å². The van der Waals surface area contributed by atoms with Gasteiger partial charge in [0.05, 0.1) is 18.1 Å². The van der Waals surface area contributed by atoms with Crippen molar-refractivity contribution in [2.75, 3.05) is 0 Å². The maximum absolute atomic E-state index is 4.27. The summed E-state index contributed by atoms with van der Waals surface area (Å²) >= 11 is 0. The van der Waals surface area contributed by atoms with E-state index in [0.29, 0.717) is 11.7 Å². The zero-order valence-corrected chi connectivity index (χ0v) is 8.12. The van der Waals surface area contributed by atoms with Gasteiger partial charge in [-0.25, -0.2) is 4.98 Å². The molecule has 0 unspecified atom stereocenters. The fraction of sp³-hybridized carbons (Fsp3) is 0.333. The molecule has 0 saturated carbocycles. The Labute approximate surface area is 81.8 Å². The Morgan fingerprint density at radius 2 is 1.64 bits per heavy atom. The number of hydrogen-bond acceptors (Lipinski definition) is 4. The summed E-state index contributed by atoms with van der Waals surface area (Å²) in [6.45, 7) is 4.13. The van der Waals surface area contributed by atoms with E-state index < -0.39 is 0 Å². The molecule has 0 fully saturated rings. The SMILES string of the molecule is CC(C)c1nccnc1-n1nccn1. The molecule has 0 amide bonds. The summed E-state index contributed by atoms with van der Waals surface area (Å²) in [6, 6.07) is 0. The number of rotatable bonds is 2. The normalized spacial score (nSPS) is 10.8. The van der Waals surface area contributed by atoms with E-state index in [-0.39, 0.29) is 0 Å². The van der Waals surface area contributed by atoms with Crippen molar-refractivity contribution >= 4 is 0 Å². The van der Waals surface area contributed by atoms with Crippen molar-refractivity contribution in [2.24, 2.45) is 0 Å². The lowest BCUT2D eigenvalue weighted by atomic mass is 10.1. The second-order valence-electron chi connectivity index (χ2n) is 3.24. The van der Waals surface area contributed by atoms with Crippen molar-refractivity contribution in [2.45, 2.75) is 19.8 Å². The van der Waals surface area contributed by atoms with E-state index in [1.54, 1.807) is 24.8 Å². The maximum Gasteiger partial charge on any atom is 0.196 e. The van der Waals surface area contributed by atoms with Crippen LogP contribution in [0.4, 0.5) is 0 Å². The first kappa shape index (κ1) is 8.80. The van der Waals surface area contributed by atoms with Gasteiger partial charge in [-0.15, -0.1) is 4.80 Å². The van der Waals surface area contributed by atoms with Crippen molar-refractivity contribution in [3.05, 3.63) is 30.5 Å².